The van der Waals surface area contributed by atoms with Crippen molar-refractivity contribution in [2.45, 2.75) is 142 Å². The van der Waals surface area contributed by atoms with Crippen LogP contribution in [0.3, 0.4) is 0 Å². The molecule has 0 saturated carbocycles. The molecule has 9 nitrogen and oxygen atoms in total. The summed E-state index contributed by atoms with van der Waals surface area (Å²) in [5, 5.41) is 12.5. The van der Waals surface area contributed by atoms with Gasteiger partial charge in [-0.2, -0.15) is 0 Å². The number of phosphoric acid groups is 1. The lowest BCUT2D eigenvalue weighted by atomic mass is 10.1. The summed E-state index contributed by atoms with van der Waals surface area (Å²) >= 11 is 0. The molecule has 10 heteroatoms. The summed E-state index contributed by atoms with van der Waals surface area (Å²) < 4.78 is 26.5. The quantitative estimate of drug-likeness (QED) is 0.0298. The van der Waals surface area contributed by atoms with Crippen molar-refractivity contribution in [3.63, 3.8) is 0 Å². The van der Waals surface area contributed by atoms with Crippen LogP contribution in [0, 0.1) is 0 Å². The molecule has 3 N–H and O–H groups in total. The fourth-order valence-corrected chi connectivity index (χ4v) is 4.96. The number of aliphatic hydroxyl groups is 1. The van der Waals surface area contributed by atoms with Crippen molar-refractivity contribution in [3.8, 4) is 0 Å². The van der Waals surface area contributed by atoms with Crippen LogP contribution >= 0.6 is 7.82 Å². The van der Waals surface area contributed by atoms with Crippen LogP contribution in [0.1, 0.15) is 136 Å². The van der Waals surface area contributed by atoms with Gasteiger partial charge in [0.2, 0.25) is 5.91 Å². The molecule has 0 aliphatic rings. The summed E-state index contributed by atoms with van der Waals surface area (Å²) in [5.41, 5.74) is 0. The lowest BCUT2D eigenvalue weighted by Gasteiger charge is -2.15. The number of carbonyl (C=O) groups is 2. The molecule has 0 rings (SSSR count). The predicted molar refractivity (Wildman–Crippen MR) is 178 cm³/mol. The lowest BCUT2D eigenvalue weighted by Crippen LogP contribution is -2.27. The molecule has 0 saturated heterocycles. The number of nitrogens with one attached hydrogen (secondary N) is 1. The molecule has 0 aromatic carbocycles. The van der Waals surface area contributed by atoms with Gasteiger partial charge in [-0.05, 0) is 51.4 Å². The van der Waals surface area contributed by atoms with Crippen molar-refractivity contribution < 1.29 is 37.9 Å². The van der Waals surface area contributed by atoms with Crippen LogP contribution in [0.25, 0.3) is 0 Å². The molecule has 2 atom stereocenters. The van der Waals surface area contributed by atoms with Crippen LogP contribution in [0.5, 0.6) is 0 Å². The van der Waals surface area contributed by atoms with Gasteiger partial charge in [-0.15, -0.1) is 0 Å². The van der Waals surface area contributed by atoms with E-state index >= 15 is 0 Å². The summed E-state index contributed by atoms with van der Waals surface area (Å²) in [7, 11) is -4.39. The van der Waals surface area contributed by atoms with Crippen molar-refractivity contribution in [2.24, 2.45) is 0 Å². The Bertz CT molecular complexity index is 830. The summed E-state index contributed by atoms with van der Waals surface area (Å²) in [6.45, 7) is 3.35. The molecule has 0 aliphatic carbocycles. The summed E-state index contributed by atoms with van der Waals surface area (Å²) in [6.07, 6.45) is 31.3. The minimum Gasteiger partial charge on any atom is -0.463 e. The summed E-state index contributed by atoms with van der Waals surface area (Å²) in [4.78, 5) is 33.3. The summed E-state index contributed by atoms with van der Waals surface area (Å²) in [6, 6.07) is 0. The average Bonchev–Trinajstić information content (AvgIpc) is 3.00. The van der Waals surface area contributed by atoms with E-state index in [0.717, 1.165) is 70.6 Å². The zero-order chi connectivity index (χ0) is 32.6. The monoisotopic (exact) mass is 643 g/mol. The third kappa shape index (κ3) is 31.6. The van der Waals surface area contributed by atoms with Crippen LogP contribution in [0.4, 0.5) is 0 Å². The van der Waals surface area contributed by atoms with Gasteiger partial charge in [0.05, 0.1) is 13.2 Å². The number of phosphoric ester groups is 1. The van der Waals surface area contributed by atoms with E-state index in [-0.39, 0.29) is 32.1 Å². The second kappa shape index (κ2) is 31.2. The molecule has 1 amide bonds. The number of allylic oxidation sites excluding steroid dienone is 6. The van der Waals surface area contributed by atoms with Gasteiger partial charge in [-0.25, -0.2) is 4.57 Å². The second-order valence-electron chi connectivity index (χ2n) is 11.1. The van der Waals surface area contributed by atoms with Gasteiger partial charge in [0.1, 0.15) is 12.7 Å². The first-order chi connectivity index (χ1) is 21.3. The molecule has 2 unspecified atom stereocenters. The Hall–Kier alpha value is -1.77. The van der Waals surface area contributed by atoms with E-state index in [4.69, 9.17) is 13.8 Å². The highest BCUT2D eigenvalue weighted by atomic mass is 31.2. The number of unbranched alkanes of at least 4 members (excludes halogenated alkanes) is 12. The molecule has 0 aromatic heterocycles. The second-order valence-corrected chi connectivity index (χ2v) is 12.6. The average molecular weight is 644 g/mol. The number of carbonyl (C=O) groups excluding carboxylic acids is 2. The SMILES string of the molecule is CCCCC/C=C\C/C=C\C/C=C\CCCCCCCCC(=O)OCC(O)COP(=O)(O)OCCNC(=O)CCCCCC. The van der Waals surface area contributed by atoms with Crippen LogP contribution < -0.4 is 5.32 Å². The first-order valence-electron chi connectivity index (χ1n) is 17.0. The molecule has 256 valence electrons. The van der Waals surface area contributed by atoms with Gasteiger partial charge in [-0.3, -0.25) is 18.6 Å². The molecular weight excluding hydrogens is 581 g/mol. The van der Waals surface area contributed by atoms with Gasteiger partial charge in [0, 0.05) is 19.4 Å². The molecule has 0 spiro atoms. The van der Waals surface area contributed by atoms with E-state index in [2.05, 4.69) is 55.6 Å². The topological polar surface area (TPSA) is 131 Å². The maximum Gasteiger partial charge on any atom is 0.472 e. The van der Waals surface area contributed by atoms with Crippen LogP contribution in [-0.4, -0.2) is 54.3 Å². The minimum atomic E-state index is -4.39. The standard InChI is InChI=1S/C34H62NO8P/c1-3-5-7-9-10-11-12-13-14-15-16-17-18-19-20-21-22-23-25-27-34(38)41-30-32(36)31-43-44(39,40)42-29-28-35-33(37)26-24-8-6-4-2/h10-11,13-14,16-17,32,36H,3-9,12,15,18-31H2,1-2H3,(H,35,37)(H,39,40)/b11-10-,14-13-,17-16-. The molecule has 0 radical (unpaired) electrons. The van der Waals surface area contributed by atoms with E-state index < -0.39 is 26.5 Å². The summed E-state index contributed by atoms with van der Waals surface area (Å²) in [5.74, 6) is -0.551. The molecular formula is C34H62NO8P. The Balaban J connectivity index is 3.64. The molecule has 0 aromatic rings. The highest BCUT2D eigenvalue weighted by Gasteiger charge is 2.23. The molecule has 0 aliphatic heterocycles. The van der Waals surface area contributed by atoms with Gasteiger partial charge in [0.15, 0.2) is 0 Å². The Labute approximate surface area is 267 Å². The van der Waals surface area contributed by atoms with Crippen LogP contribution in [0.2, 0.25) is 0 Å². The Morgan fingerprint density at radius 3 is 1.89 bits per heavy atom. The van der Waals surface area contributed by atoms with Crippen molar-refractivity contribution in [1.29, 1.82) is 0 Å². The molecule has 0 heterocycles. The fourth-order valence-electron chi connectivity index (χ4n) is 4.21. The Kier molecular flexibility index (Phi) is 30.0. The number of hydrogen-bond acceptors (Lipinski definition) is 7. The molecule has 0 fully saturated rings. The third-order valence-corrected chi connectivity index (χ3v) is 7.81. The first-order valence-corrected chi connectivity index (χ1v) is 18.5. The van der Waals surface area contributed by atoms with Crippen LogP contribution in [0.15, 0.2) is 36.5 Å². The number of amides is 1. The number of hydrogen-bond donors (Lipinski definition) is 3. The van der Waals surface area contributed by atoms with Gasteiger partial charge < -0.3 is 20.1 Å². The first kappa shape index (κ1) is 42.2. The Morgan fingerprint density at radius 1 is 0.705 bits per heavy atom. The van der Waals surface area contributed by atoms with Crippen molar-refractivity contribution >= 4 is 19.7 Å². The van der Waals surface area contributed by atoms with E-state index in [1.807, 2.05) is 0 Å². The van der Waals surface area contributed by atoms with Gasteiger partial charge in [-0.1, -0.05) is 108 Å². The largest absolute Gasteiger partial charge is 0.472 e. The zero-order valence-electron chi connectivity index (χ0n) is 27.6. The number of rotatable bonds is 31. The van der Waals surface area contributed by atoms with Crippen molar-refractivity contribution in [2.75, 3.05) is 26.4 Å². The zero-order valence-corrected chi connectivity index (χ0v) is 28.5. The smallest absolute Gasteiger partial charge is 0.463 e. The van der Waals surface area contributed by atoms with Crippen molar-refractivity contribution in [3.05, 3.63) is 36.5 Å². The number of aliphatic hydroxyl groups excluding tert-OH is 1. The van der Waals surface area contributed by atoms with E-state index in [1.165, 1.54) is 38.5 Å². The number of esters is 1. The van der Waals surface area contributed by atoms with E-state index in [0.29, 0.717) is 6.42 Å². The third-order valence-electron chi connectivity index (χ3n) is 6.82. The maximum atomic E-state index is 11.9. The highest BCUT2D eigenvalue weighted by molar-refractivity contribution is 7.47. The minimum absolute atomic E-state index is 0.0773. The predicted octanol–water partition coefficient (Wildman–Crippen LogP) is 8.26. The van der Waals surface area contributed by atoms with Gasteiger partial charge in [0.25, 0.3) is 0 Å². The molecule has 0 bridgehead atoms. The van der Waals surface area contributed by atoms with Crippen LogP contribution in [-0.2, 0) is 27.9 Å². The fraction of sp³-hybridized carbons (Fsp3) is 0.765. The normalized spacial score (nSPS) is 14.0. The Morgan fingerprint density at radius 2 is 1.23 bits per heavy atom. The number of ether oxygens (including phenoxy) is 1. The molecule has 44 heavy (non-hydrogen) atoms. The van der Waals surface area contributed by atoms with E-state index in [9.17, 15) is 24.2 Å². The lowest BCUT2D eigenvalue weighted by molar-refractivity contribution is -0.147. The van der Waals surface area contributed by atoms with Gasteiger partial charge >= 0.3 is 13.8 Å². The van der Waals surface area contributed by atoms with Crippen molar-refractivity contribution in [1.82, 2.24) is 5.32 Å². The maximum absolute atomic E-state index is 11.9. The van der Waals surface area contributed by atoms with E-state index in [1.54, 1.807) is 0 Å². The highest BCUT2D eigenvalue weighted by Crippen LogP contribution is 2.42.